The molecule has 0 radical (unpaired) electrons. The van der Waals surface area contributed by atoms with Crippen LogP contribution in [0.15, 0.2) is 18.2 Å². The van der Waals surface area contributed by atoms with Gasteiger partial charge >= 0.3 is 0 Å². The second-order valence-electron chi connectivity index (χ2n) is 3.01. The number of halogens is 2. The van der Waals surface area contributed by atoms with Crippen LogP contribution in [0.5, 0.6) is 5.75 Å². The van der Waals surface area contributed by atoms with Gasteiger partial charge in [0.05, 0.1) is 12.7 Å². The summed E-state index contributed by atoms with van der Waals surface area (Å²) < 4.78 is 18.5. The van der Waals surface area contributed by atoms with E-state index < -0.39 is 5.82 Å². The van der Waals surface area contributed by atoms with Gasteiger partial charge in [-0.2, -0.15) is 5.26 Å². The predicted molar refractivity (Wildman–Crippen MR) is 56.3 cm³/mol. The van der Waals surface area contributed by atoms with E-state index in [0.717, 1.165) is 5.56 Å². The zero-order chi connectivity index (χ0) is 11.1. The third kappa shape index (κ3) is 3.77. The lowest BCUT2D eigenvalue weighted by atomic mass is 10.2. The van der Waals surface area contributed by atoms with Crippen LogP contribution in [0.4, 0.5) is 4.39 Å². The van der Waals surface area contributed by atoms with Crippen molar-refractivity contribution in [3.05, 3.63) is 29.6 Å². The molecule has 2 nitrogen and oxygen atoms in total. The van der Waals surface area contributed by atoms with E-state index in [9.17, 15) is 4.39 Å². The minimum atomic E-state index is -0.412. The average molecular weight is 228 g/mol. The summed E-state index contributed by atoms with van der Waals surface area (Å²) in [5, 5.41) is 8.29. The third-order valence-electron chi connectivity index (χ3n) is 1.84. The normalized spacial score (nSPS) is 9.67. The van der Waals surface area contributed by atoms with Crippen LogP contribution in [0.2, 0.25) is 0 Å². The molecular formula is C11H11ClFNO. The summed E-state index contributed by atoms with van der Waals surface area (Å²) >= 11 is 5.55. The predicted octanol–water partition coefficient (Wildman–Crippen LogP) is 3.25. The number of unbranched alkanes of at least 4 members (excludes halogenated alkanes) is 1. The Morgan fingerprint density at radius 1 is 1.47 bits per heavy atom. The van der Waals surface area contributed by atoms with Crippen molar-refractivity contribution in [2.24, 2.45) is 0 Å². The van der Waals surface area contributed by atoms with Crippen LogP contribution in [0.3, 0.4) is 0 Å². The highest BCUT2D eigenvalue weighted by Crippen LogP contribution is 2.19. The van der Waals surface area contributed by atoms with E-state index in [1.165, 1.54) is 6.07 Å². The first-order valence-corrected chi connectivity index (χ1v) is 5.15. The lowest BCUT2D eigenvalue weighted by Gasteiger charge is -2.06. The van der Waals surface area contributed by atoms with E-state index in [1.807, 2.05) is 6.07 Å². The first kappa shape index (κ1) is 11.8. The van der Waals surface area contributed by atoms with Gasteiger partial charge in [-0.15, -0.1) is 11.6 Å². The molecule has 0 spiro atoms. The van der Waals surface area contributed by atoms with Crippen LogP contribution in [0.25, 0.3) is 0 Å². The van der Waals surface area contributed by atoms with Crippen LogP contribution in [0.1, 0.15) is 18.4 Å². The summed E-state index contributed by atoms with van der Waals surface area (Å²) in [4.78, 5) is 0. The number of rotatable bonds is 5. The Labute approximate surface area is 93.2 Å². The maximum atomic E-state index is 13.3. The monoisotopic (exact) mass is 227 g/mol. The molecule has 80 valence electrons. The molecule has 0 aliphatic heterocycles. The molecule has 0 saturated heterocycles. The van der Waals surface area contributed by atoms with E-state index in [1.54, 1.807) is 12.1 Å². The number of hydrogen-bond donors (Lipinski definition) is 0. The molecule has 1 aromatic rings. The standard InChI is InChI=1S/C11H11ClFNO/c12-8-9-3-4-11(10(13)7-9)15-6-2-1-5-14/h3-4,7H,1-2,6,8H2. The smallest absolute Gasteiger partial charge is 0.165 e. The Morgan fingerprint density at radius 2 is 2.27 bits per heavy atom. The molecule has 0 atom stereocenters. The molecule has 4 heteroatoms. The SMILES string of the molecule is N#CCCCOc1ccc(CCl)cc1F. The first-order valence-electron chi connectivity index (χ1n) is 4.62. The highest BCUT2D eigenvalue weighted by Gasteiger charge is 2.03. The van der Waals surface area contributed by atoms with Crippen molar-refractivity contribution < 1.29 is 9.13 Å². The van der Waals surface area contributed by atoms with Crippen molar-refractivity contribution in [2.75, 3.05) is 6.61 Å². The number of nitriles is 1. The van der Waals surface area contributed by atoms with Crippen molar-refractivity contribution in [3.8, 4) is 11.8 Å². The molecular weight excluding hydrogens is 217 g/mol. The minimum Gasteiger partial charge on any atom is -0.490 e. The zero-order valence-corrected chi connectivity index (χ0v) is 8.93. The average Bonchev–Trinajstić information content (AvgIpc) is 2.26. The Kier molecular flexibility index (Phi) is 4.92. The number of nitrogens with zero attached hydrogens (tertiary/aromatic N) is 1. The van der Waals surface area contributed by atoms with Gasteiger partial charge in [0.1, 0.15) is 0 Å². The summed E-state index contributed by atoms with van der Waals surface area (Å²) in [5.41, 5.74) is 0.721. The lowest BCUT2D eigenvalue weighted by molar-refractivity contribution is 0.297. The van der Waals surface area contributed by atoms with Crippen molar-refractivity contribution in [1.29, 1.82) is 5.26 Å². The molecule has 1 rings (SSSR count). The van der Waals surface area contributed by atoms with Gasteiger partial charge in [-0.3, -0.25) is 0 Å². The van der Waals surface area contributed by atoms with Crippen LogP contribution >= 0.6 is 11.6 Å². The quantitative estimate of drug-likeness (QED) is 0.572. The summed E-state index contributed by atoms with van der Waals surface area (Å²) in [6.45, 7) is 0.352. The maximum absolute atomic E-state index is 13.3. The van der Waals surface area contributed by atoms with Crippen LogP contribution in [-0.4, -0.2) is 6.61 Å². The zero-order valence-electron chi connectivity index (χ0n) is 8.17. The number of ether oxygens (including phenoxy) is 1. The van der Waals surface area contributed by atoms with Gasteiger partial charge in [0.15, 0.2) is 11.6 Å². The van der Waals surface area contributed by atoms with Crippen LogP contribution in [-0.2, 0) is 5.88 Å². The van der Waals surface area contributed by atoms with Crippen molar-refractivity contribution in [2.45, 2.75) is 18.7 Å². The molecule has 0 aliphatic carbocycles. The highest BCUT2D eigenvalue weighted by atomic mass is 35.5. The van der Waals surface area contributed by atoms with Crippen LogP contribution < -0.4 is 4.74 Å². The van der Waals surface area contributed by atoms with Gasteiger partial charge in [-0.1, -0.05) is 6.07 Å². The fourth-order valence-corrected chi connectivity index (χ4v) is 1.24. The molecule has 15 heavy (non-hydrogen) atoms. The van der Waals surface area contributed by atoms with Gasteiger partial charge in [-0.05, 0) is 24.1 Å². The molecule has 0 amide bonds. The second kappa shape index (κ2) is 6.26. The molecule has 1 aromatic carbocycles. The van der Waals surface area contributed by atoms with Gasteiger partial charge in [-0.25, -0.2) is 4.39 Å². The lowest BCUT2D eigenvalue weighted by Crippen LogP contribution is -1.99. The Bertz CT molecular complexity index is 362. The van der Waals surface area contributed by atoms with E-state index in [-0.39, 0.29) is 11.6 Å². The molecule has 0 N–H and O–H groups in total. The Balaban J connectivity index is 2.51. The fourth-order valence-electron chi connectivity index (χ4n) is 1.08. The molecule has 0 unspecified atom stereocenters. The summed E-state index contributed by atoms with van der Waals surface area (Å²) in [5.74, 6) is 0.0814. The van der Waals surface area contributed by atoms with Gasteiger partial charge < -0.3 is 4.74 Å². The fraction of sp³-hybridized carbons (Fsp3) is 0.364. The van der Waals surface area contributed by atoms with E-state index in [0.29, 0.717) is 19.4 Å². The van der Waals surface area contributed by atoms with E-state index in [2.05, 4.69) is 0 Å². The molecule has 0 aromatic heterocycles. The third-order valence-corrected chi connectivity index (χ3v) is 2.15. The summed E-state index contributed by atoms with van der Waals surface area (Å²) in [7, 11) is 0. The van der Waals surface area contributed by atoms with Crippen LogP contribution in [0, 0.1) is 17.1 Å². The minimum absolute atomic E-state index is 0.210. The molecule has 0 bridgehead atoms. The maximum Gasteiger partial charge on any atom is 0.165 e. The largest absolute Gasteiger partial charge is 0.490 e. The van der Waals surface area contributed by atoms with Gasteiger partial charge in [0.2, 0.25) is 0 Å². The molecule has 0 aliphatic rings. The van der Waals surface area contributed by atoms with E-state index in [4.69, 9.17) is 21.6 Å². The van der Waals surface area contributed by atoms with E-state index >= 15 is 0 Å². The molecule has 0 heterocycles. The Morgan fingerprint density at radius 3 is 2.87 bits per heavy atom. The van der Waals surface area contributed by atoms with Crippen molar-refractivity contribution in [1.82, 2.24) is 0 Å². The molecule has 0 saturated carbocycles. The number of hydrogen-bond acceptors (Lipinski definition) is 2. The van der Waals surface area contributed by atoms with Crippen molar-refractivity contribution in [3.63, 3.8) is 0 Å². The second-order valence-corrected chi connectivity index (χ2v) is 3.28. The highest BCUT2D eigenvalue weighted by molar-refractivity contribution is 6.17. The summed E-state index contributed by atoms with van der Waals surface area (Å²) in [6, 6.07) is 6.62. The molecule has 0 fully saturated rings. The first-order chi connectivity index (χ1) is 7.27. The topological polar surface area (TPSA) is 33.0 Å². The van der Waals surface area contributed by atoms with Crippen molar-refractivity contribution >= 4 is 11.6 Å². The summed E-state index contributed by atoms with van der Waals surface area (Å²) in [6.07, 6.45) is 1.02. The number of alkyl halides is 1. The van der Waals surface area contributed by atoms with Gasteiger partial charge in [0.25, 0.3) is 0 Å². The van der Waals surface area contributed by atoms with Gasteiger partial charge in [0, 0.05) is 12.3 Å². The number of benzene rings is 1. The Hall–Kier alpha value is -1.27.